The molecular weight excluding hydrogens is 429 g/mol. The van der Waals surface area contributed by atoms with E-state index in [1.807, 2.05) is 24.4 Å². The summed E-state index contributed by atoms with van der Waals surface area (Å²) in [5.74, 6) is 0.0590. The third-order valence-corrected chi connectivity index (χ3v) is 6.62. The number of alkyl halides is 3. The van der Waals surface area contributed by atoms with E-state index in [1.165, 1.54) is 6.07 Å². The molecule has 5 rings (SSSR count). The first-order chi connectivity index (χ1) is 16.0. The molecule has 0 spiro atoms. The minimum absolute atomic E-state index is 0.00555. The molecule has 1 saturated heterocycles. The van der Waals surface area contributed by atoms with Crippen molar-refractivity contribution in [2.24, 2.45) is 5.92 Å². The number of hydrogen-bond donors (Lipinski definition) is 3. The number of nitrogens with one attached hydrogen (secondary N) is 3. The molecule has 3 aromatic rings. The first kappa shape index (κ1) is 22.0. The summed E-state index contributed by atoms with van der Waals surface area (Å²) in [7, 11) is 0. The molecule has 3 heterocycles. The largest absolute Gasteiger partial charge is 0.416 e. The maximum absolute atomic E-state index is 13.4. The molecule has 0 bridgehead atoms. The van der Waals surface area contributed by atoms with Gasteiger partial charge in [0.15, 0.2) is 0 Å². The molecule has 0 amide bonds. The van der Waals surface area contributed by atoms with Gasteiger partial charge in [-0.1, -0.05) is 30.3 Å². The summed E-state index contributed by atoms with van der Waals surface area (Å²) >= 11 is 0. The standard InChI is InChI=1S/C25H27F3N4O/c26-25(27,28)17-6-9-22-21(12-17)24-20(23(32-22)16-4-2-1-3-5-16)8-7-19(33-24)14-29-11-10-18-13-30-15-31-18/h1-6,9,12-13,15,19-20,23-24,29,32H,7-8,10-11,14H2,(H,30,31)/t19-,20+,23+,24+/m1/s1. The number of imidazole rings is 1. The number of H-pyrrole nitrogens is 1. The van der Waals surface area contributed by atoms with Crippen LogP contribution in [0.4, 0.5) is 18.9 Å². The second-order valence-electron chi connectivity index (χ2n) is 8.77. The number of fused-ring (bicyclic) bond motifs is 3. The zero-order valence-electron chi connectivity index (χ0n) is 18.1. The zero-order chi connectivity index (χ0) is 22.8. The number of hydrogen-bond acceptors (Lipinski definition) is 4. The van der Waals surface area contributed by atoms with Crippen LogP contribution in [0.15, 0.2) is 61.1 Å². The van der Waals surface area contributed by atoms with Crippen LogP contribution in [0.25, 0.3) is 0 Å². The second kappa shape index (κ2) is 9.19. The van der Waals surface area contributed by atoms with Crippen molar-refractivity contribution in [1.29, 1.82) is 0 Å². The molecule has 8 heteroatoms. The van der Waals surface area contributed by atoms with E-state index in [9.17, 15) is 13.2 Å². The quantitative estimate of drug-likeness (QED) is 0.443. The number of anilines is 1. The number of benzene rings is 2. The Balaban J connectivity index is 1.35. The average molecular weight is 457 g/mol. The van der Waals surface area contributed by atoms with E-state index in [0.29, 0.717) is 17.8 Å². The van der Waals surface area contributed by atoms with Crippen LogP contribution in [0.2, 0.25) is 0 Å². The van der Waals surface area contributed by atoms with E-state index < -0.39 is 11.7 Å². The first-order valence-corrected chi connectivity index (χ1v) is 11.4. The van der Waals surface area contributed by atoms with E-state index >= 15 is 0 Å². The van der Waals surface area contributed by atoms with Gasteiger partial charge < -0.3 is 20.4 Å². The third kappa shape index (κ3) is 4.77. The van der Waals surface area contributed by atoms with Gasteiger partial charge in [-0.25, -0.2) is 4.98 Å². The lowest BCUT2D eigenvalue weighted by Crippen LogP contribution is -2.42. The maximum Gasteiger partial charge on any atom is 0.416 e. The lowest BCUT2D eigenvalue weighted by Gasteiger charge is -2.46. The average Bonchev–Trinajstić information content (AvgIpc) is 3.34. The van der Waals surface area contributed by atoms with E-state index in [1.54, 1.807) is 12.4 Å². The Kier molecular flexibility index (Phi) is 6.12. The SMILES string of the molecule is FC(F)(F)c1ccc2c(c1)[C@H]1O[C@@H](CNCCc3c[nH]cn3)CC[C@H]1[C@H](c1ccccc1)N2. The van der Waals surface area contributed by atoms with Gasteiger partial charge in [0.2, 0.25) is 0 Å². The lowest BCUT2D eigenvalue weighted by molar-refractivity contribution is -0.138. The fourth-order valence-corrected chi connectivity index (χ4v) is 4.98. The van der Waals surface area contributed by atoms with Crippen LogP contribution in [0.1, 0.15) is 47.4 Å². The molecule has 2 aliphatic rings. The molecular formula is C25H27F3N4O. The fraction of sp³-hybridized carbons (Fsp3) is 0.400. The summed E-state index contributed by atoms with van der Waals surface area (Å²) in [5.41, 5.74) is 2.79. The zero-order valence-corrected chi connectivity index (χ0v) is 18.1. The van der Waals surface area contributed by atoms with Crippen LogP contribution in [0.3, 0.4) is 0 Å². The Hall–Kier alpha value is -2.84. The van der Waals surface area contributed by atoms with Crippen molar-refractivity contribution in [3.05, 3.63) is 83.4 Å². The van der Waals surface area contributed by atoms with Gasteiger partial charge in [0.25, 0.3) is 0 Å². The van der Waals surface area contributed by atoms with Gasteiger partial charge in [-0.05, 0) is 36.6 Å². The Bertz CT molecular complexity index is 1060. The second-order valence-corrected chi connectivity index (χ2v) is 8.77. The predicted molar refractivity (Wildman–Crippen MR) is 120 cm³/mol. The summed E-state index contributed by atoms with van der Waals surface area (Å²) in [6.45, 7) is 1.42. The van der Waals surface area contributed by atoms with Gasteiger partial charge in [-0.2, -0.15) is 13.2 Å². The van der Waals surface area contributed by atoms with Gasteiger partial charge in [-0.15, -0.1) is 0 Å². The summed E-state index contributed by atoms with van der Waals surface area (Å²) in [4.78, 5) is 7.16. The number of nitrogens with zero attached hydrogens (tertiary/aromatic N) is 1. The smallest absolute Gasteiger partial charge is 0.378 e. The fourth-order valence-electron chi connectivity index (χ4n) is 4.98. The predicted octanol–water partition coefficient (Wildman–Crippen LogP) is 5.26. The van der Waals surface area contributed by atoms with Crippen molar-refractivity contribution >= 4 is 5.69 Å². The van der Waals surface area contributed by atoms with E-state index in [-0.39, 0.29) is 24.2 Å². The molecule has 0 aliphatic carbocycles. The van der Waals surface area contributed by atoms with Gasteiger partial charge in [0.1, 0.15) is 0 Å². The number of aromatic amines is 1. The number of halogens is 3. The lowest BCUT2D eigenvalue weighted by atomic mass is 9.76. The molecule has 1 aromatic heterocycles. The topological polar surface area (TPSA) is 62.0 Å². The van der Waals surface area contributed by atoms with E-state index in [2.05, 4.69) is 32.7 Å². The minimum Gasteiger partial charge on any atom is -0.378 e. The molecule has 4 atom stereocenters. The van der Waals surface area contributed by atoms with E-state index in [4.69, 9.17) is 4.74 Å². The summed E-state index contributed by atoms with van der Waals surface area (Å²) in [6, 6.07) is 14.0. The highest BCUT2D eigenvalue weighted by atomic mass is 19.4. The highest BCUT2D eigenvalue weighted by Gasteiger charge is 2.43. The number of ether oxygens (including phenoxy) is 1. The van der Waals surface area contributed by atoms with Gasteiger partial charge in [-0.3, -0.25) is 0 Å². The van der Waals surface area contributed by atoms with Crippen molar-refractivity contribution in [2.75, 3.05) is 18.4 Å². The number of rotatable bonds is 6. The van der Waals surface area contributed by atoms with Gasteiger partial charge in [0.05, 0.1) is 35.8 Å². The Morgan fingerprint density at radius 3 is 2.70 bits per heavy atom. The third-order valence-electron chi connectivity index (χ3n) is 6.62. The van der Waals surface area contributed by atoms with E-state index in [0.717, 1.165) is 43.1 Å². The van der Waals surface area contributed by atoms with Crippen LogP contribution >= 0.6 is 0 Å². The molecule has 174 valence electrons. The normalized spacial score (nSPS) is 24.6. The van der Waals surface area contributed by atoms with Crippen LogP contribution in [-0.4, -0.2) is 29.2 Å². The molecule has 1 fully saturated rings. The Morgan fingerprint density at radius 1 is 1.09 bits per heavy atom. The van der Waals surface area contributed by atoms with Crippen LogP contribution in [0, 0.1) is 5.92 Å². The first-order valence-electron chi connectivity index (χ1n) is 11.4. The van der Waals surface area contributed by atoms with Gasteiger partial charge >= 0.3 is 6.18 Å². The summed E-state index contributed by atoms with van der Waals surface area (Å²) in [5, 5.41) is 6.92. The Morgan fingerprint density at radius 2 is 1.94 bits per heavy atom. The molecule has 3 N–H and O–H groups in total. The molecule has 2 aromatic carbocycles. The van der Waals surface area contributed by atoms with Crippen molar-refractivity contribution in [2.45, 2.75) is 43.7 Å². The molecule has 0 unspecified atom stereocenters. The van der Waals surface area contributed by atoms with Crippen LogP contribution in [0.5, 0.6) is 0 Å². The highest BCUT2D eigenvalue weighted by molar-refractivity contribution is 5.58. The monoisotopic (exact) mass is 456 g/mol. The van der Waals surface area contributed by atoms with Crippen LogP contribution < -0.4 is 10.6 Å². The summed E-state index contributed by atoms with van der Waals surface area (Å²) in [6.07, 6.45) is 1.24. The Labute approximate surface area is 190 Å². The highest BCUT2D eigenvalue weighted by Crippen LogP contribution is 2.51. The molecule has 33 heavy (non-hydrogen) atoms. The van der Waals surface area contributed by atoms with Crippen molar-refractivity contribution in [1.82, 2.24) is 15.3 Å². The molecule has 0 saturated carbocycles. The maximum atomic E-state index is 13.4. The van der Waals surface area contributed by atoms with Gasteiger partial charge in [0, 0.05) is 42.9 Å². The minimum atomic E-state index is -4.39. The summed E-state index contributed by atoms with van der Waals surface area (Å²) < 4.78 is 46.8. The molecule has 2 aliphatic heterocycles. The number of aromatic nitrogens is 2. The molecule has 0 radical (unpaired) electrons. The van der Waals surface area contributed by atoms with Crippen LogP contribution in [-0.2, 0) is 17.3 Å². The molecule has 5 nitrogen and oxygen atoms in total. The van der Waals surface area contributed by atoms with Crippen molar-refractivity contribution in [3.8, 4) is 0 Å². The van der Waals surface area contributed by atoms with Crippen molar-refractivity contribution < 1.29 is 17.9 Å². The van der Waals surface area contributed by atoms with Crippen molar-refractivity contribution in [3.63, 3.8) is 0 Å².